The summed E-state index contributed by atoms with van der Waals surface area (Å²) in [6, 6.07) is 21.3. The Labute approximate surface area is 130 Å². The molecule has 0 amide bonds. The van der Waals surface area contributed by atoms with Crippen molar-refractivity contribution >= 4 is 42.0 Å². The van der Waals surface area contributed by atoms with E-state index in [1.54, 1.807) is 0 Å². The lowest BCUT2D eigenvalue weighted by atomic mass is 10.4. The van der Waals surface area contributed by atoms with E-state index in [4.69, 9.17) is 4.43 Å². The second-order valence-electron chi connectivity index (χ2n) is 4.47. The molecule has 0 aliphatic heterocycles. The molecule has 2 rings (SSSR count). The van der Waals surface area contributed by atoms with Crippen molar-refractivity contribution < 1.29 is 4.43 Å². The molecule has 0 N–H and O–H groups in total. The number of benzene rings is 2. The van der Waals surface area contributed by atoms with Gasteiger partial charge in [0.2, 0.25) is 9.04 Å². The Balaban J connectivity index is 2.10. The van der Waals surface area contributed by atoms with Crippen LogP contribution in [0.15, 0.2) is 60.7 Å². The SMILES string of the molecule is ICCCCO[SiH](c1ccccc1)c1ccccc1. The van der Waals surface area contributed by atoms with Crippen LogP contribution in [-0.4, -0.2) is 20.1 Å². The van der Waals surface area contributed by atoms with Gasteiger partial charge in [-0.05, 0) is 27.6 Å². The van der Waals surface area contributed by atoms with Crippen molar-refractivity contribution in [2.45, 2.75) is 12.8 Å². The number of halogens is 1. The molecule has 0 bridgehead atoms. The highest BCUT2D eigenvalue weighted by Gasteiger charge is 2.16. The molecular weight excluding hydrogens is 363 g/mol. The van der Waals surface area contributed by atoms with E-state index in [0.717, 1.165) is 13.0 Å². The molecule has 0 aliphatic rings. The zero-order valence-corrected chi connectivity index (χ0v) is 14.3. The fourth-order valence-corrected chi connectivity index (χ4v) is 4.89. The molecule has 0 aliphatic carbocycles. The first kappa shape index (κ1) is 14.7. The molecule has 100 valence electrons. The average Bonchev–Trinajstić information content (AvgIpc) is 2.49. The van der Waals surface area contributed by atoms with Gasteiger partial charge in [0, 0.05) is 6.61 Å². The highest BCUT2D eigenvalue weighted by Crippen LogP contribution is 1.99. The number of hydrogen-bond acceptors (Lipinski definition) is 1. The maximum atomic E-state index is 6.25. The summed E-state index contributed by atoms with van der Waals surface area (Å²) in [5, 5.41) is 2.73. The first-order valence-corrected chi connectivity index (χ1v) is 9.84. The maximum absolute atomic E-state index is 6.25. The second-order valence-corrected chi connectivity index (χ2v) is 7.97. The lowest BCUT2D eigenvalue weighted by Gasteiger charge is -2.17. The topological polar surface area (TPSA) is 9.23 Å². The Hall–Kier alpha value is -0.653. The standard InChI is InChI=1S/C16H19IOSi/c17-13-7-8-14-18-19(15-9-3-1-4-10-15)16-11-5-2-6-12-16/h1-6,9-12,19H,7-8,13-14H2. The van der Waals surface area contributed by atoms with Crippen LogP contribution in [0.4, 0.5) is 0 Å². The van der Waals surface area contributed by atoms with E-state index in [1.807, 2.05) is 0 Å². The summed E-state index contributed by atoms with van der Waals surface area (Å²) in [5.41, 5.74) is 0. The van der Waals surface area contributed by atoms with Gasteiger partial charge in [-0.3, -0.25) is 0 Å². The summed E-state index contributed by atoms with van der Waals surface area (Å²) in [4.78, 5) is 0. The third-order valence-corrected chi connectivity index (χ3v) is 6.33. The van der Waals surface area contributed by atoms with Crippen LogP contribution in [0.2, 0.25) is 0 Å². The molecule has 0 atom stereocenters. The zero-order valence-electron chi connectivity index (χ0n) is 11.0. The second kappa shape index (κ2) is 8.50. The minimum absolute atomic E-state index is 0.879. The van der Waals surface area contributed by atoms with Crippen molar-refractivity contribution in [2.75, 3.05) is 11.0 Å². The van der Waals surface area contributed by atoms with Gasteiger partial charge in [-0.2, -0.15) is 0 Å². The van der Waals surface area contributed by atoms with Crippen molar-refractivity contribution in [1.82, 2.24) is 0 Å². The fraction of sp³-hybridized carbons (Fsp3) is 0.250. The summed E-state index contributed by atoms with van der Waals surface area (Å²) >= 11 is 2.42. The minimum atomic E-state index is -1.50. The Kier molecular flexibility index (Phi) is 6.60. The molecule has 0 fully saturated rings. The van der Waals surface area contributed by atoms with Crippen molar-refractivity contribution in [1.29, 1.82) is 0 Å². The van der Waals surface area contributed by atoms with Gasteiger partial charge in [0.1, 0.15) is 0 Å². The van der Waals surface area contributed by atoms with Crippen LogP contribution < -0.4 is 10.4 Å². The summed E-state index contributed by atoms with van der Waals surface area (Å²) in [6.45, 7) is 0.879. The summed E-state index contributed by atoms with van der Waals surface area (Å²) in [6.07, 6.45) is 2.40. The van der Waals surface area contributed by atoms with Gasteiger partial charge in [0.05, 0.1) is 0 Å². The summed E-state index contributed by atoms with van der Waals surface area (Å²) < 4.78 is 7.46. The largest absolute Gasteiger partial charge is 0.411 e. The van der Waals surface area contributed by atoms with Gasteiger partial charge < -0.3 is 4.43 Å². The van der Waals surface area contributed by atoms with E-state index in [0.29, 0.717) is 0 Å². The lowest BCUT2D eigenvalue weighted by molar-refractivity contribution is 0.325. The van der Waals surface area contributed by atoms with E-state index in [-0.39, 0.29) is 0 Å². The van der Waals surface area contributed by atoms with Crippen molar-refractivity contribution in [3.05, 3.63) is 60.7 Å². The molecule has 0 radical (unpaired) electrons. The summed E-state index contributed by atoms with van der Waals surface area (Å²) in [5.74, 6) is 0. The van der Waals surface area contributed by atoms with Crippen molar-refractivity contribution in [2.24, 2.45) is 0 Å². The fourth-order valence-electron chi connectivity index (χ4n) is 2.04. The molecule has 0 saturated heterocycles. The highest BCUT2D eigenvalue weighted by atomic mass is 127. The van der Waals surface area contributed by atoms with E-state index in [9.17, 15) is 0 Å². The quantitative estimate of drug-likeness (QED) is 0.310. The normalized spacial score (nSPS) is 10.8. The Morgan fingerprint density at radius 2 is 1.32 bits per heavy atom. The number of rotatable bonds is 7. The highest BCUT2D eigenvalue weighted by molar-refractivity contribution is 14.1. The first-order valence-electron chi connectivity index (χ1n) is 6.69. The predicted octanol–water partition coefficient (Wildman–Crippen LogP) is 2.76. The van der Waals surface area contributed by atoms with Crippen LogP contribution in [0.5, 0.6) is 0 Å². The third kappa shape index (κ3) is 4.74. The van der Waals surface area contributed by atoms with Crippen LogP contribution in [-0.2, 0) is 4.43 Å². The Bertz CT molecular complexity index is 421. The molecule has 0 aromatic heterocycles. The van der Waals surface area contributed by atoms with E-state index in [2.05, 4.69) is 83.3 Å². The number of unbranched alkanes of at least 4 members (excludes halogenated alkanes) is 1. The van der Waals surface area contributed by atoms with Crippen LogP contribution in [0.1, 0.15) is 12.8 Å². The van der Waals surface area contributed by atoms with Crippen LogP contribution >= 0.6 is 22.6 Å². The van der Waals surface area contributed by atoms with E-state index < -0.39 is 9.04 Å². The van der Waals surface area contributed by atoms with Crippen LogP contribution in [0, 0.1) is 0 Å². The molecule has 2 aromatic carbocycles. The molecular formula is C16H19IOSi. The molecule has 2 aromatic rings. The molecule has 0 unspecified atom stereocenters. The predicted molar refractivity (Wildman–Crippen MR) is 93.4 cm³/mol. The monoisotopic (exact) mass is 382 g/mol. The van der Waals surface area contributed by atoms with Gasteiger partial charge >= 0.3 is 0 Å². The van der Waals surface area contributed by atoms with Gasteiger partial charge in [-0.15, -0.1) is 0 Å². The average molecular weight is 382 g/mol. The first-order chi connectivity index (χ1) is 9.42. The Morgan fingerprint density at radius 1 is 0.789 bits per heavy atom. The lowest BCUT2D eigenvalue weighted by Crippen LogP contribution is -2.45. The van der Waals surface area contributed by atoms with Crippen molar-refractivity contribution in [3.8, 4) is 0 Å². The number of hydrogen-bond donors (Lipinski definition) is 0. The van der Waals surface area contributed by atoms with Gasteiger partial charge in [0.15, 0.2) is 0 Å². The summed E-state index contributed by atoms with van der Waals surface area (Å²) in [7, 11) is -1.50. The Morgan fingerprint density at radius 3 is 1.79 bits per heavy atom. The van der Waals surface area contributed by atoms with Gasteiger partial charge in [-0.25, -0.2) is 0 Å². The third-order valence-electron chi connectivity index (χ3n) is 3.02. The van der Waals surface area contributed by atoms with Crippen LogP contribution in [0.3, 0.4) is 0 Å². The molecule has 3 heteroatoms. The van der Waals surface area contributed by atoms with Gasteiger partial charge in [-0.1, -0.05) is 83.3 Å². The zero-order chi connectivity index (χ0) is 13.3. The van der Waals surface area contributed by atoms with Gasteiger partial charge in [0.25, 0.3) is 0 Å². The molecule has 19 heavy (non-hydrogen) atoms. The molecule has 0 saturated carbocycles. The minimum Gasteiger partial charge on any atom is -0.411 e. The molecule has 0 heterocycles. The number of alkyl halides is 1. The van der Waals surface area contributed by atoms with Crippen molar-refractivity contribution in [3.63, 3.8) is 0 Å². The molecule has 0 spiro atoms. The van der Waals surface area contributed by atoms with E-state index in [1.165, 1.54) is 21.2 Å². The molecule has 1 nitrogen and oxygen atoms in total. The smallest absolute Gasteiger partial charge is 0.239 e. The van der Waals surface area contributed by atoms with Crippen LogP contribution in [0.25, 0.3) is 0 Å². The van der Waals surface area contributed by atoms with E-state index >= 15 is 0 Å². The maximum Gasteiger partial charge on any atom is 0.239 e.